The lowest BCUT2D eigenvalue weighted by molar-refractivity contribution is 0.0754. The molecule has 0 saturated heterocycles. The molecule has 0 N–H and O–H groups in total. The highest BCUT2D eigenvalue weighted by Crippen LogP contribution is 2.14. The second kappa shape index (κ2) is 5.78. The molecular weight excluding hydrogens is 249 g/mol. The van der Waals surface area contributed by atoms with Crippen LogP contribution in [0.3, 0.4) is 0 Å². The number of halogens is 1. The summed E-state index contributed by atoms with van der Waals surface area (Å²) in [5, 5.41) is 1.99. The van der Waals surface area contributed by atoms with Crippen LogP contribution in [0.2, 0.25) is 0 Å². The first kappa shape index (κ1) is 12.8. The Kier molecular flexibility index (Phi) is 4.10. The number of thiophene rings is 1. The summed E-state index contributed by atoms with van der Waals surface area (Å²) < 4.78 is 12.8. The van der Waals surface area contributed by atoms with Crippen LogP contribution in [0, 0.1) is 5.82 Å². The van der Waals surface area contributed by atoms with E-state index >= 15 is 0 Å². The van der Waals surface area contributed by atoms with Gasteiger partial charge in [-0.2, -0.15) is 0 Å². The number of carbonyl (C=O) groups is 1. The third-order valence-corrected chi connectivity index (χ3v) is 3.55. The van der Waals surface area contributed by atoms with Crippen molar-refractivity contribution in [1.82, 2.24) is 4.90 Å². The molecule has 0 atom stereocenters. The summed E-state index contributed by atoms with van der Waals surface area (Å²) in [6.07, 6.45) is 0. The standard InChI is InChI=1S/C14H14FNOS/c1-2-16(10-13-4-3-9-18-13)14(17)11-5-7-12(15)8-6-11/h3-9H,2,10H2,1H3. The molecule has 0 aliphatic heterocycles. The number of hydrogen-bond donors (Lipinski definition) is 0. The van der Waals surface area contributed by atoms with E-state index in [0.29, 0.717) is 18.7 Å². The summed E-state index contributed by atoms with van der Waals surface area (Å²) >= 11 is 1.63. The molecule has 0 aliphatic carbocycles. The first-order valence-electron chi connectivity index (χ1n) is 5.78. The van der Waals surface area contributed by atoms with Gasteiger partial charge in [0.15, 0.2) is 0 Å². The third kappa shape index (κ3) is 2.96. The molecule has 0 unspecified atom stereocenters. The Morgan fingerprint density at radius 2 is 2.00 bits per heavy atom. The van der Waals surface area contributed by atoms with Crippen LogP contribution in [-0.2, 0) is 6.54 Å². The molecule has 0 bridgehead atoms. The van der Waals surface area contributed by atoms with Crippen molar-refractivity contribution >= 4 is 17.2 Å². The van der Waals surface area contributed by atoms with Crippen LogP contribution >= 0.6 is 11.3 Å². The maximum Gasteiger partial charge on any atom is 0.254 e. The minimum absolute atomic E-state index is 0.0640. The van der Waals surface area contributed by atoms with Crippen LogP contribution in [0.25, 0.3) is 0 Å². The molecule has 0 spiro atoms. The van der Waals surface area contributed by atoms with Gasteiger partial charge in [-0.25, -0.2) is 4.39 Å². The molecule has 4 heteroatoms. The topological polar surface area (TPSA) is 20.3 Å². The third-order valence-electron chi connectivity index (χ3n) is 2.69. The molecule has 1 aromatic heterocycles. The molecule has 2 nitrogen and oxygen atoms in total. The zero-order valence-electron chi connectivity index (χ0n) is 10.1. The number of hydrogen-bond acceptors (Lipinski definition) is 2. The van der Waals surface area contributed by atoms with E-state index in [1.165, 1.54) is 24.3 Å². The predicted molar refractivity (Wildman–Crippen MR) is 71.1 cm³/mol. The van der Waals surface area contributed by atoms with Crippen LogP contribution in [0.1, 0.15) is 22.2 Å². The minimum atomic E-state index is -0.326. The molecule has 18 heavy (non-hydrogen) atoms. The number of amides is 1. The van der Waals surface area contributed by atoms with Gasteiger partial charge in [-0.3, -0.25) is 4.79 Å². The fourth-order valence-electron chi connectivity index (χ4n) is 1.69. The maximum absolute atomic E-state index is 12.8. The molecule has 0 saturated carbocycles. The van der Waals surface area contributed by atoms with Crippen LogP contribution in [0.5, 0.6) is 0 Å². The molecule has 1 heterocycles. The van der Waals surface area contributed by atoms with E-state index in [4.69, 9.17) is 0 Å². The van der Waals surface area contributed by atoms with Gasteiger partial charge < -0.3 is 4.90 Å². The van der Waals surface area contributed by atoms with Crippen molar-refractivity contribution in [2.45, 2.75) is 13.5 Å². The van der Waals surface area contributed by atoms with Crippen molar-refractivity contribution in [2.75, 3.05) is 6.54 Å². The van der Waals surface area contributed by atoms with E-state index in [0.717, 1.165) is 4.88 Å². The van der Waals surface area contributed by atoms with E-state index in [1.807, 2.05) is 24.4 Å². The summed E-state index contributed by atoms with van der Waals surface area (Å²) in [6, 6.07) is 9.64. The van der Waals surface area contributed by atoms with E-state index in [2.05, 4.69) is 0 Å². The highest BCUT2D eigenvalue weighted by atomic mass is 32.1. The Morgan fingerprint density at radius 3 is 2.56 bits per heavy atom. The Hall–Kier alpha value is -1.68. The van der Waals surface area contributed by atoms with Gasteiger partial charge in [0.05, 0.1) is 6.54 Å². The largest absolute Gasteiger partial charge is 0.334 e. The Labute approximate surface area is 110 Å². The SMILES string of the molecule is CCN(Cc1cccs1)C(=O)c1ccc(F)cc1. The minimum Gasteiger partial charge on any atom is -0.334 e. The van der Waals surface area contributed by atoms with Crippen molar-refractivity contribution in [2.24, 2.45) is 0 Å². The van der Waals surface area contributed by atoms with Gasteiger partial charge >= 0.3 is 0 Å². The van der Waals surface area contributed by atoms with Gasteiger partial charge in [0.2, 0.25) is 0 Å². The van der Waals surface area contributed by atoms with Crippen LogP contribution in [0.4, 0.5) is 4.39 Å². The number of carbonyl (C=O) groups excluding carboxylic acids is 1. The summed E-state index contributed by atoms with van der Waals surface area (Å²) in [5.41, 5.74) is 0.523. The molecule has 94 valence electrons. The number of nitrogens with zero attached hydrogens (tertiary/aromatic N) is 1. The van der Waals surface area contributed by atoms with Crippen molar-refractivity contribution in [3.63, 3.8) is 0 Å². The van der Waals surface area contributed by atoms with Gasteiger partial charge in [-0.05, 0) is 42.6 Å². The molecule has 0 fully saturated rings. The van der Waals surface area contributed by atoms with E-state index in [-0.39, 0.29) is 11.7 Å². The highest BCUT2D eigenvalue weighted by Gasteiger charge is 2.14. The summed E-state index contributed by atoms with van der Waals surface area (Å²) in [7, 11) is 0. The fourth-order valence-corrected chi connectivity index (χ4v) is 2.41. The molecule has 0 radical (unpaired) electrons. The smallest absolute Gasteiger partial charge is 0.254 e. The molecule has 1 aromatic carbocycles. The number of rotatable bonds is 4. The van der Waals surface area contributed by atoms with Gasteiger partial charge in [-0.1, -0.05) is 6.07 Å². The zero-order valence-corrected chi connectivity index (χ0v) is 10.9. The average Bonchev–Trinajstić information content (AvgIpc) is 2.89. The quantitative estimate of drug-likeness (QED) is 0.826. The molecule has 1 amide bonds. The first-order valence-corrected chi connectivity index (χ1v) is 6.66. The first-order chi connectivity index (χ1) is 8.70. The zero-order chi connectivity index (χ0) is 13.0. The van der Waals surface area contributed by atoms with Crippen LogP contribution in [0.15, 0.2) is 41.8 Å². The Balaban J connectivity index is 2.12. The van der Waals surface area contributed by atoms with E-state index < -0.39 is 0 Å². The molecule has 2 rings (SSSR count). The second-order valence-corrected chi connectivity index (χ2v) is 4.94. The second-order valence-electron chi connectivity index (χ2n) is 3.91. The van der Waals surface area contributed by atoms with Crippen molar-refractivity contribution in [1.29, 1.82) is 0 Å². The monoisotopic (exact) mass is 263 g/mol. The summed E-state index contributed by atoms with van der Waals surface area (Å²) in [4.78, 5) is 15.1. The lowest BCUT2D eigenvalue weighted by Gasteiger charge is -2.20. The highest BCUT2D eigenvalue weighted by molar-refractivity contribution is 7.09. The summed E-state index contributed by atoms with van der Waals surface area (Å²) in [6.45, 7) is 3.17. The lowest BCUT2D eigenvalue weighted by Crippen LogP contribution is -2.29. The summed E-state index contributed by atoms with van der Waals surface area (Å²) in [5.74, 6) is -0.390. The lowest BCUT2D eigenvalue weighted by atomic mass is 10.2. The number of benzene rings is 1. The Morgan fingerprint density at radius 1 is 1.28 bits per heavy atom. The van der Waals surface area contributed by atoms with Crippen LogP contribution < -0.4 is 0 Å². The fraction of sp³-hybridized carbons (Fsp3) is 0.214. The molecule has 2 aromatic rings. The van der Waals surface area contributed by atoms with Gasteiger partial charge in [0.25, 0.3) is 5.91 Å². The van der Waals surface area contributed by atoms with Gasteiger partial charge in [-0.15, -0.1) is 11.3 Å². The average molecular weight is 263 g/mol. The van der Waals surface area contributed by atoms with E-state index in [1.54, 1.807) is 16.2 Å². The van der Waals surface area contributed by atoms with Gasteiger partial charge in [0, 0.05) is 17.0 Å². The maximum atomic E-state index is 12.8. The Bertz CT molecular complexity index is 507. The van der Waals surface area contributed by atoms with Crippen molar-refractivity contribution in [3.8, 4) is 0 Å². The van der Waals surface area contributed by atoms with E-state index in [9.17, 15) is 9.18 Å². The normalized spacial score (nSPS) is 10.3. The molecule has 0 aliphatic rings. The van der Waals surface area contributed by atoms with Gasteiger partial charge in [0.1, 0.15) is 5.82 Å². The molecular formula is C14H14FNOS. The van der Waals surface area contributed by atoms with Crippen LogP contribution in [-0.4, -0.2) is 17.4 Å². The predicted octanol–water partition coefficient (Wildman–Crippen LogP) is 3.55. The van der Waals surface area contributed by atoms with Crippen molar-refractivity contribution < 1.29 is 9.18 Å². The van der Waals surface area contributed by atoms with Crippen molar-refractivity contribution in [3.05, 3.63) is 58.0 Å².